The van der Waals surface area contributed by atoms with E-state index in [1.807, 2.05) is 45.9 Å². The van der Waals surface area contributed by atoms with Crippen LogP contribution in [0.15, 0.2) is 46.0 Å². The zero-order valence-corrected chi connectivity index (χ0v) is 19.1. The van der Waals surface area contributed by atoms with Gasteiger partial charge in [-0.25, -0.2) is 9.36 Å². The maximum atomic E-state index is 13.7. The van der Waals surface area contributed by atoms with Gasteiger partial charge in [-0.1, -0.05) is 29.8 Å². The molecule has 0 saturated carbocycles. The van der Waals surface area contributed by atoms with Crippen molar-refractivity contribution >= 4 is 21.6 Å². The lowest BCUT2D eigenvalue weighted by atomic mass is 10.1. The number of hydrogen-bond donors (Lipinski definition) is 0. The summed E-state index contributed by atoms with van der Waals surface area (Å²) in [6.07, 6.45) is 0. The minimum absolute atomic E-state index is 0.239. The van der Waals surface area contributed by atoms with Crippen LogP contribution in [0.4, 0.5) is 0 Å². The average Bonchev–Trinajstić information content (AvgIpc) is 2.99. The smallest absolute Gasteiger partial charge is 0.279 e. The van der Waals surface area contributed by atoms with E-state index in [4.69, 9.17) is 0 Å². The molecule has 4 aromatic rings. The molecule has 0 radical (unpaired) electrons. The highest BCUT2D eigenvalue weighted by atomic mass is 32.1. The highest BCUT2D eigenvalue weighted by molar-refractivity contribution is 7.18. The van der Waals surface area contributed by atoms with Crippen molar-refractivity contribution < 1.29 is 0 Å². The Bertz CT molecular complexity index is 1420. The number of thiophene rings is 1. The molecule has 5 heteroatoms. The van der Waals surface area contributed by atoms with Crippen LogP contribution in [0.1, 0.15) is 38.3 Å². The molecule has 0 bridgehead atoms. The first-order chi connectivity index (χ1) is 14.2. The third-order valence-electron chi connectivity index (χ3n) is 6.03. The molecular formula is C25H26N2O2S. The molecule has 0 N–H and O–H groups in total. The highest BCUT2D eigenvalue weighted by Gasteiger charge is 2.20. The average molecular weight is 419 g/mol. The van der Waals surface area contributed by atoms with Crippen molar-refractivity contribution in [3.05, 3.63) is 95.5 Å². The summed E-state index contributed by atoms with van der Waals surface area (Å²) in [5, 5.41) is 0.639. The fraction of sp³-hybridized carbons (Fsp3) is 0.280. The number of rotatable bonds is 3. The standard InChI is InChI=1S/C25H26N2O2S/c1-14-7-8-16(3)20(11-14)13-26-24-22(18(5)19(6)30-24)23(28)27(25(26)29)21-10-9-15(2)17(4)12-21/h7-12H,13H2,1-6H3. The van der Waals surface area contributed by atoms with E-state index in [2.05, 4.69) is 32.0 Å². The Balaban J connectivity index is 2.08. The number of aromatic nitrogens is 2. The normalized spacial score (nSPS) is 11.4. The van der Waals surface area contributed by atoms with Crippen LogP contribution in [0, 0.1) is 41.5 Å². The third kappa shape index (κ3) is 3.23. The van der Waals surface area contributed by atoms with E-state index >= 15 is 0 Å². The van der Waals surface area contributed by atoms with Crippen molar-refractivity contribution in [2.75, 3.05) is 0 Å². The van der Waals surface area contributed by atoms with Crippen LogP contribution in [0.2, 0.25) is 0 Å². The van der Waals surface area contributed by atoms with E-state index in [0.717, 1.165) is 43.1 Å². The maximum absolute atomic E-state index is 13.7. The van der Waals surface area contributed by atoms with Gasteiger partial charge in [-0.15, -0.1) is 11.3 Å². The minimum Gasteiger partial charge on any atom is -0.279 e. The first-order valence-corrected chi connectivity index (χ1v) is 10.9. The molecule has 2 heterocycles. The van der Waals surface area contributed by atoms with E-state index in [-0.39, 0.29) is 11.2 Å². The largest absolute Gasteiger partial charge is 0.337 e. The molecule has 154 valence electrons. The van der Waals surface area contributed by atoms with E-state index in [0.29, 0.717) is 17.6 Å². The van der Waals surface area contributed by atoms with E-state index < -0.39 is 0 Å². The number of benzene rings is 2. The quantitative estimate of drug-likeness (QED) is 0.464. The summed E-state index contributed by atoms with van der Waals surface area (Å²) < 4.78 is 3.09. The Kier molecular flexibility index (Phi) is 5.02. The monoisotopic (exact) mass is 418 g/mol. The number of fused-ring (bicyclic) bond motifs is 1. The molecule has 2 aromatic carbocycles. The Morgan fingerprint density at radius 3 is 2.23 bits per heavy atom. The molecule has 0 aliphatic rings. The first-order valence-electron chi connectivity index (χ1n) is 10.1. The van der Waals surface area contributed by atoms with Crippen LogP contribution in [0.3, 0.4) is 0 Å². The van der Waals surface area contributed by atoms with Gasteiger partial charge in [-0.05, 0) is 81.5 Å². The van der Waals surface area contributed by atoms with Gasteiger partial charge in [-0.2, -0.15) is 0 Å². The molecule has 0 fully saturated rings. The molecule has 0 spiro atoms. The lowest BCUT2D eigenvalue weighted by Crippen LogP contribution is -2.39. The van der Waals surface area contributed by atoms with Crippen molar-refractivity contribution in [1.82, 2.24) is 9.13 Å². The van der Waals surface area contributed by atoms with Gasteiger partial charge in [0.1, 0.15) is 4.83 Å². The van der Waals surface area contributed by atoms with Crippen LogP contribution in [0.5, 0.6) is 0 Å². The molecule has 0 aliphatic carbocycles. The van der Waals surface area contributed by atoms with Crippen LogP contribution >= 0.6 is 11.3 Å². The highest BCUT2D eigenvalue weighted by Crippen LogP contribution is 2.28. The Labute approximate surface area is 180 Å². The first kappa shape index (κ1) is 20.4. The van der Waals surface area contributed by atoms with Crippen molar-refractivity contribution in [2.24, 2.45) is 0 Å². The van der Waals surface area contributed by atoms with Gasteiger partial charge in [-0.3, -0.25) is 9.36 Å². The van der Waals surface area contributed by atoms with Crippen molar-refractivity contribution in [3.8, 4) is 5.69 Å². The molecule has 0 saturated heterocycles. The summed E-state index contributed by atoms with van der Waals surface area (Å²) in [4.78, 5) is 28.9. The topological polar surface area (TPSA) is 44.0 Å². The van der Waals surface area contributed by atoms with E-state index in [9.17, 15) is 9.59 Å². The molecule has 30 heavy (non-hydrogen) atoms. The molecule has 0 amide bonds. The Hall–Kier alpha value is -2.92. The van der Waals surface area contributed by atoms with Gasteiger partial charge < -0.3 is 0 Å². The molecule has 4 nitrogen and oxygen atoms in total. The van der Waals surface area contributed by atoms with Crippen molar-refractivity contribution in [1.29, 1.82) is 0 Å². The second kappa shape index (κ2) is 7.40. The minimum atomic E-state index is -0.294. The maximum Gasteiger partial charge on any atom is 0.337 e. The van der Waals surface area contributed by atoms with E-state index in [1.54, 1.807) is 4.57 Å². The molecule has 0 unspecified atom stereocenters. The summed E-state index contributed by atoms with van der Waals surface area (Å²) in [6, 6.07) is 12.0. The molecule has 0 atom stereocenters. The summed E-state index contributed by atoms with van der Waals surface area (Å²) >= 11 is 1.52. The fourth-order valence-corrected chi connectivity index (χ4v) is 4.97. The van der Waals surface area contributed by atoms with Gasteiger partial charge in [0.2, 0.25) is 0 Å². The van der Waals surface area contributed by atoms with Crippen LogP contribution in [-0.2, 0) is 6.54 Å². The van der Waals surface area contributed by atoms with Crippen LogP contribution in [0.25, 0.3) is 15.9 Å². The van der Waals surface area contributed by atoms with Gasteiger partial charge in [0.25, 0.3) is 5.56 Å². The molecule has 0 aliphatic heterocycles. The predicted octanol–water partition coefficient (Wildman–Crippen LogP) is 5.11. The molecular weight excluding hydrogens is 392 g/mol. The number of aryl methyl sites for hydroxylation is 6. The van der Waals surface area contributed by atoms with Gasteiger partial charge >= 0.3 is 5.69 Å². The summed E-state index contributed by atoms with van der Waals surface area (Å²) in [5.74, 6) is 0. The SMILES string of the molecule is Cc1ccc(C)c(Cn2c(=O)n(-c3ccc(C)c(C)c3)c(=O)c3c(C)c(C)sc32)c1. The number of nitrogens with zero attached hydrogens (tertiary/aromatic N) is 2. The zero-order valence-electron chi connectivity index (χ0n) is 18.3. The Morgan fingerprint density at radius 2 is 1.53 bits per heavy atom. The summed E-state index contributed by atoms with van der Waals surface area (Å²) in [7, 11) is 0. The lowest BCUT2D eigenvalue weighted by molar-refractivity contribution is 0.716. The third-order valence-corrected chi connectivity index (χ3v) is 7.26. The van der Waals surface area contributed by atoms with Gasteiger partial charge in [0.05, 0.1) is 17.6 Å². The van der Waals surface area contributed by atoms with Crippen LogP contribution < -0.4 is 11.2 Å². The number of hydrogen-bond acceptors (Lipinski definition) is 3. The van der Waals surface area contributed by atoms with Gasteiger partial charge in [0.15, 0.2) is 0 Å². The fourth-order valence-electron chi connectivity index (χ4n) is 3.83. The van der Waals surface area contributed by atoms with Crippen molar-refractivity contribution in [2.45, 2.75) is 48.1 Å². The molecule has 4 rings (SSSR count). The second-order valence-electron chi connectivity index (χ2n) is 8.17. The predicted molar refractivity (Wildman–Crippen MR) is 126 cm³/mol. The van der Waals surface area contributed by atoms with Gasteiger partial charge in [0, 0.05) is 4.88 Å². The lowest BCUT2D eigenvalue weighted by Gasteiger charge is -2.15. The summed E-state index contributed by atoms with van der Waals surface area (Å²) in [5.41, 5.74) is 6.60. The molecule has 2 aromatic heterocycles. The van der Waals surface area contributed by atoms with E-state index in [1.165, 1.54) is 15.9 Å². The van der Waals surface area contributed by atoms with Crippen molar-refractivity contribution in [3.63, 3.8) is 0 Å². The zero-order chi connectivity index (χ0) is 21.7. The Morgan fingerprint density at radius 1 is 0.833 bits per heavy atom. The van der Waals surface area contributed by atoms with Crippen LogP contribution in [-0.4, -0.2) is 9.13 Å². The summed E-state index contributed by atoms with van der Waals surface area (Å²) in [6.45, 7) is 12.5. The second-order valence-corrected chi connectivity index (χ2v) is 9.37.